The molecule has 3 aromatic rings. The summed E-state index contributed by atoms with van der Waals surface area (Å²) in [5.41, 5.74) is 2.17. The molecule has 0 amide bonds. The summed E-state index contributed by atoms with van der Waals surface area (Å²) in [5, 5.41) is 4.27. The molecule has 24 heavy (non-hydrogen) atoms. The fourth-order valence-electron chi connectivity index (χ4n) is 2.76. The van der Waals surface area contributed by atoms with Crippen molar-refractivity contribution in [3.8, 4) is 5.75 Å². The van der Waals surface area contributed by atoms with Gasteiger partial charge in [0.1, 0.15) is 11.6 Å². The Balaban J connectivity index is 1.88. The molecular formula is C19H20ClN3O. The zero-order chi connectivity index (χ0) is 16.9. The molecular weight excluding hydrogens is 322 g/mol. The van der Waals surface area contributed by atoms with Crippen LogP contribution in [0.3, 0.4) is 0 Å². The quantitative estimate of drug-likeness (QED) is 0.737. The number of methoxy groups -OCH3 is 1. The molecule has 0 bridgehead atoms. The molecule has 5 heteroatoms. The lowest BCUT2D eigenvalue weighted by atomic mass is 10.1. The Morgan fingerprint density at radius 2 is 2.00 bits per heavy atom. The van der Waals surface area contributed by atoms with Gasteiger partial charge in [-0.1, -0.05) is 41.9 Å². The van der Waals surface area contributed by atoms with Crippen molar-refractivity contribution in [3.05, 3.63) is 82.9 Å². The van der Waals surface area contributed by atoms with Crippen LogP contribution in [0, 0.1) is 0 Å². The Labute approximate surface area is 147 Å². The minimum atomic E-state index is -0.0186. The van der Waals surface area contributed by atoms with Gasteiger partial charge in [-0.25, -0.2) is 4.98 Å². The first-order chi connectivity index (χ1) is 11.7. The smallest absolute Gasteiger partial charge is 0.130 e. The highest BCUT2D eigenvalue weighted by Gasteiger charge is 2.18. The van der Waals surface area contributed by atoms with Crippen molar-refractivity contribution in [1.29, 1.82) is 0 Å². The summed E-state index contributed by atoms with van der Waals surface area (Å²) in [6.07, 6.45) is 3.76. The molecule has 1 N–H and O–H groups in total. The van der Waals surface area contributed by atoms with Gasteiger partial charge in [0.25, 0.3) is 0 Å². The van der Waals surface area contributed by atoms with Crippen LogP contribution in [0.1, 0.15) is 23.0 Å². The maximum atomic E-state index is 6.13. The second kappa shape index (κ2) is 7.51. The average molecular weight is 342 g/mol. The zero-order valence-electron chi connectivity index (χ0n) is 13.7. The molecule has 0 aliphatic rings. The summed E-state index contributed by atoms with van der Waals surface area (Å²) in [4.78, 5) is 4.51. The van der Waals surface area contributed by atoms with Gasteiger partial charge in [-0.15, -0.1) is 0 Å². The van der Waals surface area contributed by atoms with Gasteiger partial charge in [-0.05, 0) is 23.8 Å². The van der Waals surface area contributed by atoms with Crippen LogP contribution < -0.4 is 10.1 Å². The summed E-state index contributed by atoms with van der Waals surface area (Å²) >= 11 is 6.13. The van der Waals surface area contributed by atoms with Gasteiger partial charge in [-0.3, -0.25) is 5.32 Å². The molecule has 1 heterocycles. The van der Waals surface area contributed by atoms with Crippen molar-refractivity contribution in [1.82, 2.24) is 14.9 Å². The van der Waals surface area contributed by atoms with Gasteiger partial charge < -0.3 is 9.30 Å². The molecule has 0 radical (unpaired) electrons. The third kappa shape index (κ3) is 3.61. The highest BCUT2D eigenvalue weighted by Crippen LogP contribution is 2.25. The van der Waals surface area contributed by atoms with E-state index in [4.69, 9.17) is 16.3 Å². The van der Waals surface area contributed by atoms with E-state index in [-0.39, 0.29) is 6.04 Å². The van der Waals surface area contributed by atoms with Gasteiger partial charge >= 0.3 is 0 Å². The van der Waals surface area contributed by atoms with Crippen molar-refractivity contribution in [3.63, 3.8) is 0 Å². The van der Waals surface area contributed by atoms with Crippen molar-refractivity contribution >= 4 is 11.6 Å². The van der Waals surface area contributed by atoms with Crippen LogP contribution in [0.4, 0.5) is 0 Å². The first-order valence-electron chi connectivity index (χ1n) is 7.77. The third-order valence-electron chi connectivity index (χ3n) is 3.99. The van der Waals surface area contributed by atoms with Gasteiger partial charge in [0.05, 0.1) is 13.2 Å². The Morgan fingerprint density at radius 1 is 1.21 bits per heavy atom. The number of aromatic nitrogens is 2. The van der Waals surface area contributed by atoms with E-state index in [1.54, 1.807) is 7.11 Å². The molecule has 0 aliphatic carbocycles. The second-order valence-corrected chi connectivity index (χ2v) is 6.01. The molecule has 0 saturated heterocycles. The van der Waals surface area contributed by atoms with Crippen LogP contribution in [0.25, 0.3) is 0 Å². The van der Waals surface area contributed by atoms with E-state index in [1.807, 2.05) is 60.4 Å². The second-order valence-electron chi connectivity index (χ2n) is 5.58. The monoisotopic (exact) mass is 341 g/mol. The van der Waals surface area contributed by atoms with Crippen molar-refractivity contribution in [2.24, 2.45) is 7.05 Å². The van der Waals surface area contributed by atoms with Crippen LogP contribution in [0.2, 0.25) is 5.02 Å². The number of nitrogens with one attached hydrogen (secondary N) is 1. The number of nitrogens with zero attached hydrogens (tertiary/aromatic N) is 2. The summed E-state index contributed by atoms with van der Waals surface area (Å²) < 4.78 is 7.46. The van der Waals surface area contributed by atoms with Gasteiger partial charge in [-0.2, -0.15) is 0 Å². The fraction of sp³-hybridized carbons (Fsp3) is 0.211. The summed E-state index contributed by atoms with van der Waals surface area (Å²) in [5.74, 6) is 1.78. The Bertz CT molecular complexity index is 801. The molecule has 0 fully saturated rings. The molecule has 0 spiro atoms. The maximum Gasteiger partial charge on any atom is 0.130 e. The summed E-state index contributed by atoms with van der Waals surface area (Å²) in [6, 6.07) is 15.9. The first kappa shape index (κ1) is 16.6. The molecule has 1 aromatic heterocycles. The normalized spacial score (nSPS) is 12.1. The predicted molar refractivity (Wildman–Crippen MR) is 96.3 cm³/mol. The fourth-order valence-corrected chi connectivity index (χ4v) is 2.95. The molecule has 0 aliphatic heterocycles. The average Bonchev–Trinajstić information content (AvgIpc) is 3.02. The number of aryl methyl sites for hydroxylation is 1. The molecule has 4 nitrogen and oxygen atoms in total. The van der Waals surface area contributed by atoms with Crippen LogP contribution in [0.5, 0.6) is 5.75 Å². The number of halogens is 1. The number of benzene rings is 2. The molecule has 0 unspecified atom stereocenters. The van der Waals surface area contributed by atoms with E-state index < -0.39 is 0 Å². The van der Waals surface area contributed by atoms with E-state index in [2.05, 4.69) is 22.4 Å². The van der Waals surface area contributed by atoms with E-state index in [0.717, 1.165) is 22.7 Å². The number of ether oxygens (including phenoxy) is 1. The standard InChI is InChI=1S/C19H20ClN3O/c1-23-11-10-21-19(23)18(14-6-4-3-5-7-14)22-13-15-12-16(20)8-9-17(15)24-2/h3-12,18,22H,13H2,1-2H3/t18-/m0/s1. The Kier molecular flexibility index (Phi) is 5.18. The first-order valence-corrected chi connectivity index (χ1v) is 8.15. The molecule has 124 valence electrons. The number of rotatable bonds is 6. The van der Waals surface area contributed by atoms with Crippen molar-refractivity contribution in [2.75, 3.05) is 7.11 Å². The summed E-state index contributed by atoms with van der Waals surface area (Å²) in [6.45, 7) is 0.621. The number of hydrogen-bond acceptors (Lipinski definition) is 3. The van der Waals surface area contributed by atoms with E-state index in [0.29, 0.717) is 11.6 Å². The SMILES string of the molecule is COc1ccc(Cl)cc1CN[C@@H](c1ccccc1)c1nccn1C. The van der Waals surface area contributed by atoms with Crippen LogP contribution in [-0.4, -0.2) is 16.7 Å². The van der Waals surface area contributed by atoms with Crippen LogP contribution in [0.15, 0.2) is 60.9 Å². The Hall–Kier alpha value is -2.30. The van der Waals surface area contributed by atoms with Gasteiger partial charge in [0.2, 0.25) is 0 Å². The highest BCUT2D eigenvalue weighted by molar-refractivity contribution is 6.30. The molecule has 0 saturated carbocycles. The van der Waals surface area contributed by atoms with E-state index in [1.165, 1.54) is 0 Å². The highest BCUT2D eigenvalue weighted by atomic mass is 35.5. The zero-order valence-corrected chi connectivity index (χ0v) is 14.5. The lowest BCUT2D eigenvalue weighted by Crippen LogP contribution is -2.25. The largest absolute Gasteiger partial charge is 0.496 e. The molecule has 1 atom stereocenters. The van der Waals surface area contributed by atoms with Gasteiger partial charge in [0.15, 0.2) is 0 Å². The lowest BCUT2D eigenvalue weighted by molar-refractivity contribution is 0.406. The topological polar surface area (TPSA) is 39.1 Å². The molecule has 3 rings (SSSR count). The number of imidazole rings is 1. The summed E-state index contributed by atoms with van der Waals surface area (Å²) in [7, 11) is 3.67. The van der Waals surface area contributed by atoms with E-state index in [9.17, 15) is 0 Å². The molecule has 2 aromatic carbocycles. The minimum Gasteiger partial charge on any atom is -0.496 e. The maximum absolute atomic E-state index is 6.13. The minimum absolute atomic E-state index is 0.0186. The van der Waals surface area contributed by atoms with Crippen LogP contribution in [-0.2, 0) is 13.6 Å². The van der Waals surface area contributed by atoms with Crippen molar-refractivity contribution in [2.45, 2.75) is 12.6 Å². The number of hydrogen-bond donors (Lipinski definition) is 1. The van der Waals surface area contributed by atoms with Crippen LogP contribution >= 0.6 is 11.6 Å². The van der Waals surface area contributed by atoms with E-state index >= 15 is 0 Å². The lowest BCUT2D eigenvalue weighted by Gasteiger charge is -2.20. The van der Waals surface area contributed by atoms with Crippen molar-refractivity contribution < 1.29 is 4.74 Å². The Morgan fingerprint density at radius 3 is 2.67 bits per heavy atom. The van der Waals surface area contributed by atoms with Gasteiger partial charge in [0, 0.05) is 36.6 Å². The third-order valence-corrected chi connectivity index (χ3v) is 4.22. The predicted octanol–water partition coefficient (Wildman–Crippen LogP) is 3.96.